The molecule has 0 amide bonds. The monoisotopic (exact) mass is 1520 g/mol. The number of hydrogen-bond acceptors (Lipinski definition) is 14. The Balaban J connectivity index is 1.15. The second kappa shape index (κ2) is 27.9. The second-order valence-electron chi connectivity index (χ2n) is 25.2. The van der Waals surface area contributed by atoms with Crippen molar-refractivity contribution in [3.8, 4) is 101 Å². The first kappa shape index (κ1) is 76.0. The molecule has 1 aliphatic rings. The zero-order chi connectivity index (χ0) is 78.5. The molecule has 1 aliphatic carbocycles. The second-order valence-corrected chi connectivity index (χ2v) is 25.2. The maximum Gasteiger partial charge on any atom is 0.435 e. The van der Waals surface area contributed by atoms with E-state index in [1.165, 1.54) is 75.6 Å². The summed E-state index contributed by atoms with van der Waals surface area (Å²) >= 11 is 0. The third kappa shape index (κ3) is 14.0. The van der Waals surface area contributed by atoms with E-state index in [4.69, 9.17) is 23.7 Å². The van der Waals surface area contributed by atoms with E-state index < -0.39 is 163 Å². The Labute approximate surface area is 603 Å². The van der Waals surface area contributed by atoms with Crippen molar-refractivity contribution in [1.29, 1.82) is 0 Å². The number of nitrogens with zero attached hydrogens (tertiary/aromatic N) is 10. The van der Waals surface area contributed by atoms with Crippen LogP contribution in [0.3, 0.4) is 0 Å². The van der Waals surface area contributed by atoms with Crippen LogP contribution < -0.4 is 19.5 Å². The number of carbonyl (C=O) groups excluding carboxylic acids is 3. The number of esters is 2. The maximum atomic E-state index is 16.6. The Hall–Kier alpha value is -11.7. The third-order valence-corrected chi connectivity index (χ3v) is 18.0. The van der Waals surface area contributed by atoms with E-state index >= 15 is 39.5 Å². The number of ketones is 1. The lowest BCUT2D eigenvalue weighted by Gasteiger charge is -2.24. The van der Waals surface area contributed by atoms with Crippen LogP contribution in [0.15, 0.2) is 115 Å². The summed E-state index contributed by atoms with van der Waals surface area (Å²) in [4.78, 5) is 40.1. The number of anilines is 1. The van der Waals surface area contributed by atoms with Gasteiger partial charge in [-0.05, 0) is 138 Å². The summed E-state index contributed by atoms with van der Waals surface area (Å²) in [6, 6.07) is 22.5. The van der Waals surface area contributed by atoms with Gasteiger partial charge in [0.1, 0.15) is 11.4 Å². The van der Waals surface area contributed by atoms with Crippen LogP contribution in [-0.2, 0) is 51.8 Å². The van der Waals surface area contributed by atoms with Crippen molar-refractivity contribution in [2.75, 3.05) is 33.8 Å². The van der Waals surface area contributed by atoms with Gasteiger partial charge in [0.05, 0.1) is 56.1 Å². The smallest absolute Gasteiger partial charge is 0.435 e. The van der Waals surface area contributed by atoms with Crippen molar-refractivity contribution < 1.29 is 104 Å². The third-order valence-electron chi connectivity index (χ3n) is 18.0. The van der Waals surface area contributed by atoms with Crippen LogP contribution in [0.2, 0.25) is 0 Å². The molecule has 0 unspecified atom stereocenters. The number of carbonyl (C=O) groups is 3. The average molecular weight is 1520 g/mol. The summed E-state index contributed by atoms with van der Waals surface area (Å²) < 4.78 is 265. The molecule has 6 aromatic carbocycles. The van der Waals surface area contributed by atoms with Crippen LogP contribution in [0.1, 0.15) is 110 Å². The molecule has 0 saturated heterocycles. The Morgan fingerprint density at radius 1 is 0.463 bits per heavy atom. The van der Waals surface area contributed by atoms with Crippen LogP contribution in [-0.4, -0.2) is 101 Å². The fourth-order valence-electron chi connectivity index (χ4n) is 13.1. The van der Waals surface area contributed by atoms with Gasteiger partial charge >= 0.3 is 42.8 Å². The number of nitrogens with one attached hydrogen (secondary N) is 1. The lowest BCUT2D eigenvalue weighted by molar-refractivity contribution is -0.142. The quantitative estimate of drug-likeness (QED) is 0.0347. The van der Waals surface area contributed by atoms with E-state index in [1.807, 2.05) is 0 Å². The average Bonchev–Trinajstić information content (AvgIpc) is 1.47. The van der Waals surface area contributed by atoms with Gasteiger partial charge in [-0.2, -0.15) is 91.3 Å². The van der Waals surface area contributed by atoms with Crippen molar-refractivity contribution in [3.63, 3.8) is 0 Å². The molecule has 11 aromatic rings. The highest BCUT2D eigenvalue weighted by atomic mass is 19.4. The number of rotatable bonds is 19. The fraction of sp³-hybridized carbons (Fsp3) is 0.270. The number of alkyl halides is 15. The predicted octanol–water partition coefficient (Wildman–Crippen LogP) is 18.2. The molecule has 0 bridgehead atoms. The van der Waals surface area contributed by atoms with E-state index in [-0.39, 0.29) is 73.5 Å². The van der Waals surface area contributed by atoms with Crippen molar-refractivity contribution in [2.45, 2.75) is 105 Å². The maximum absolute atomic E-state index is 16.6. The van der Waals surface area contributed by atoms with Gasteiger partial charge in [-0.3, -0.25) is 9.59 Å². The number of halogens is 15. The molecule has 108 heavy (non-hydrogen) atoms. The largest absolute Gasteiger partial charge is 0.493 e. The molecule has 19 nitrogen and oxygen atoms in total. The molecule has 1 fully saturated rings. The van der Waals surface area contributed by atoms with Crippen LogP contribution >= 0.6 is 0 Å². The summed E-state index contributed by atoms with van der Waals surface area (Å²) in [6.07, 6.45) is -24.7. The van der Waals surface area contributed by atoms with E-state index in [0.29, 0.717) is 31.9 Å². The molecule has 12 rings (SSSR count). The van der Waals surface area contributed by atoms with Crippen LogP contribution in [0, 0.1) is 34.6 Å². The molecule has 0 spiro atoms. The number of hydrogen-bond donors (Lipinski definition) is 1. The minimum Gasteiger partial charge on any atom is -0.493 e. The summed E-state index contributed by atoms with van der Waals surface area (Å²) in [6.45, 7) is 7.16. The standard InChI is InChI=1S/C74H60F15N11O8/c1-34-29-56(70(75,76)77)91-96(34)54-32-50(63(97-35(2)30-57(92-97)71(78,79)80)65(108-40(7)102)61(54)42-15-17-43(18-16-42)69(103)107-11)47-26-21-44(39(6)101)31-53(47)99-37(4)60(68(94-99)74(87,88)89)49-27-28-55(105-9)64(106-10)62(49)100-38(5)59(67(95-100)73(84,85)86)48-13-12-14-52(51(48)33-104-8)98-36(3)58(66(93-98)72(81,82)83)41-19-22-45(23-20-41)90-46-24-25-46/h12-23,26-32,46,90H,24-25,33H2,1-11H3. The number of methoxy groups -OCH3 is 4. The Kier molecular flexibility index (Phi) is 19.6. The highest BCUT2D eigenvalue weighted by molar-refractivity contribution is 5.99. The van der Waals surface area contributed by atoms with Gasteiger partial charge in [0.25, 0.3) is 0 Å². The number of Topliss-reactive ketones (excluding diaryl/α,β-unsaturated/α-hetero) is 1. The van der Waals surface area contributed by atoms with Gasteiger partial charge in [-0.15, -0.1) is 0 Å². The van der Waals surface area contributed by atoms with E-state index in [0.717, 1.165) is 115 Å². The minimum absolute atomic E-state index is 0.0947. The first-order valence-electron chi connectivity index (χ1n) is 32.5. The van der Waals surface area contributed by atoms with Gasteiger partial charge in [0.15, 0.2) is 51.5 Å². The van der Waals surface area contributed by atoms with Gasteiger partial charge in [-0.25, -0.2) is 28.2 Å². The highest BCUT2D eigenvalue weighted by Gasteiger charge is 2.46. The van der Waals surface area contributed by atoms with Crippen LogP contribution in [0.25, 0.3) is 84.1 Å². The molecular weight excluding hydrogens is 1460 g/mol. The fourth-order valence-corrected chi connectivity index (χ4v) is 13.1. The summed E-state index contributed by atoms with van der Waals surface area (Å²) in [5, 5.41) is 23.3. The van der Waals surface area contributed by atoms with Gasteiger partial charge in [0, 0.05) is 98.7 Å². The molecule has 0 atom stereocenters. The zero-order valence-corrected chi connectivity index (χ0v) is 58.6. The Bertz CT molecular complexity index is 5400. The lowest BCUT2D eigenvalue weighted by atomic mass is 9.92. The molecule has 5 aromatic heterocycles. The van der Waals surface area contributed by atoms with Crippen molar-refractivity contribution in [2.24, 2.45) is 0 Å². The first-order chi connectivity index (χ1) is 50.7. The molecule has 1 N–H and O–H groups in total. The molecule has 564 valence electrons. The molecule has 1 saturated carbocycles. The SMILES string of the molecule is COCc1c(-c2c(C(F)(F)F)nn(-c3c(-c4c(C(F)(F)F)nn(-c5cc(C(C)=O)ccc5-c5cc(-n6nc(C(F)(F)F)cc6C)c(-c6ccc(C(=O)OC)cc6)c(OC(C)=O)c5-n5nc(C(F)(F)F)cc5C)c4C)ccc(OC)c3OC)c2C)cccc1-n1nc(C(F)(F)F)c(-c2ccc(NC3CC3)cc2)c1C. The first-order valence-corrected chi connectivity index (χ1v) is 32.5. The molecule has 5 heterocycles. The summed E-state index contributed by atoms with van der Waals surface area (Å²) in [5.74, 6) is -4.47. The Morgan fingerprint density at radius 2 is 0.963 bits per heavy atom. The number of aromatic nitrogens is 10. The zero-order valence-electron chi connectivity index (χ0n) is 58.6. The number of ether oxygens (including phenoxy) is 5. The van der Waals surface area contributed by atoms with E-state index in [2.05, 4.69) is 30.8 Å². The lowest BCUT2D eigenvalue weighted by Crippen LogP contribution is -2.15. The summed E-state index contributed by atoms with van der Waals surface area (Å²) in [5.41, 5.74) is -16.6. The topological polar surface area (TPSA) is 198 Å². The molecule has 34 heteroatoms. The van der Waals surface area contributed by atoms with E-state index in [9.17, 15) is 40.7 Å². The number of benzene rings is 6. The van der Waals surface area contributed by atoms with Crippen molar-refractivity contribution >= 4 is 23.4 Å². The highest BCUT2D eigenvalue weighted by Crippen LogP contribution is 2.53. The normalized spacial score (nSPS) is 13.0. The predicted molar refractivity (Wildman–Crippen MR) is 361 cm³/mol. The Morgan fingerprint density at radius 3 is 1.49 bits per heavy atom. The van der Waals surface area contributed by atoms with Gasteiger partial charge < -0.3 is 29.0 Å². The molecule has 0 radical (unpaired) electrons. The van der Waals surface area contributed by atoms with Gasteiger partial charge in [0.2, 0.25) is 0 Å². The van der Waals surface area contributed by atoms with E-state index in [1.54, 1.807) is 12.1 Å². The van der Waals surface area contributed by atoms with Crippen LogP contribution in [0.5, 0.6) is 17.2 Å². The minimum atomic E-state index is -5.60. The summed E-state index contributed by atoms with van der Waals surface area (Å²) in [7, 11) is 4.35. The van der Waals surface area contributed by atoms with Crippen LogP contribution in [0.4, 0.5) is 71.5 Å². The van der Waals surface area contributed by atoms with Gasteiger partial charge in [-0.1, -0.05) is 48.5 Å². The molecular formula is C74H60F15N11O8. The van der Waals surface area contributed by atoms with Crippen molar-refractivity contribution in [1.82, 2.24) is 48.9 Å². The molecule has 0 aliphatic heterocycles. The number of aryl methyl sites for hydroxylation is 2. The van der Waals surface area contributed by atoms with Crippen molar-refractivity contribution in [3.05, 3.63) is 189 Å².